The molecule has 1 aliphatic rings. The maximum absolute atomic E-state index is 6.27. The first-order chi connectivity index (χ1) is 9.79. The first-order valence-electron chi connectivity index (χ1n) is 7.34. The van der Waals surface area contributed by atoms with Crippen LogP contribution in [0.2, 0.25) is 0 Å². The van der Waals surface area contributed by atoms with Crippen LogP contribution in [0, 0.1) is 6.92 Å². The molecule has 2 atom stereocenters. The van der Waals surface area contributed by atoms with E-state index in [4.69, 9.17) is 4.74 Å². The summed E-state index contributed by atoms with van der Waals surface area (Å²) in [6.45, 7) is 5.23. The molecular weight excluding hydrogens is 246 g/mol. The highest BCUT2D eigenvalue weighted by molar-refractivity contribution is 5.39. The summed E-state index contributed by atoms with van der Waals surface area (Å²) in [4.78, 5) is 0. The topological polar surface area (TPSA) is 21.3 Å². The Kier molecular flexibility index (Phi) is 3.75. The second-order valence-corrected chi connectivity index (χ2v) is 5.35. The lowest BCUT2D eigenvalue weighted by Gasteiger charge is -2.17. The van der Waals surface area contributed by atoms with Gasteiger partial charge in [0.05, 0.1) is 0 Å². The van der Waals surface area contributed by atoms with E-state index in [1.807, 2.05) is 12.1 Å². The van der Waals surface area contributed by atoms with Crippen molar-refractivity contribution < 1.29 is 4.74 Å². The first kappa shape index (κ1) is 13.2. The summed E-state index contributed by atoms with van der Waals surface area (Å²) >= 11 is 0. The van der Waals surface area contributed by atoms with Gasteiger partial charge in [0.25, 0.3) is 0 Å². The molecule has 3 rings (SSSR count). The van der Waals surface area contributed by atoms with Crippen LogP contribution in [0.25, 0.3) is 0 Å². The molecule has 0 fully saturated rings. The van der Waals surface area contributed by atoms with Gasteiger partial charge in [0.2, 0.25) is 0 Å². The lowest BCUT2D eigenvalue weighted by Crippen LogP contribution is -2.18. The molecule has 0 saturated heterocycles. The van der Waals surface area contributed by atoms with Crippen LogP contribution in [0.4, 0.5) is 0 Å². The van der Waals surface area contributed by atoms with Crippen LogP contribution < -0.4 is 10.1 Å². The van der Waals surface area contributed by atoms with Crippen molar-refractivity contribution in [2.24, 2.45) is 0 Å². The summed E-state index contributed by atoms with van der Waals surface area (Å²) in [7, 11) is 0. The first-order valence-corrected chi connectivity index (χ1v) is 7.34. The largest absolute Gasteiger partial charge is 0.485 e. The van der Waals surface area contributed by atoms with E-state index in [1.54, 1.807) is 0 Å². The van der Waals surface area contributed by atoms with Crippen LogP contribution in [0.15, 0.2) is 48.5 Å². The van der Waals surface area contributed by atoms with Gasteiger partial charge in [0.1, 0.15) is 11.9 Å². The normalized spacial score (nSPS) is 20.7. The molecule has 1 aliphatic carbocycles. The van der Waals surface area contributed by atoms with Crippen molar-refractivity contribution in [3.05, 3.63) is 65.2 Å². The summed E-state index contributed by atoms with van der Waals surface area (Å²) in [5.74, 6) is 0.990. The minimum absolute atomic E-state index is 0.149. The number of hydrogen-bond donors (Lipinski definition) is 1. The van der Waals surface area contributed by atoms with Gasteiger partial charge < -0.3 is 10.1 Å². The molecule has 2 aromatic carbocycles. The molecule has 2 heteroatoms. The smallest absolute Gasteiger partial charge is 0.126 e. The molecule has 0 aromatic heterocycles. The lowest BCUT2D eigenvalue weighted by molar-refractivity contribution is 0.194. The van der Waals surface area contributed by atoms with E-state index in [2.05, 4.69) is 55.6 Å². The van der Waals surface area contributed by atoms with Crippen LogP contribution >= 0.6 is 0 Å². The van der Waals surface area contributed by atoms with Gasteiger partial charge in [-0.3, -0.25) is 0 Å². The van der Waals surface area contributed by atoms with Gasteiger partial charge in [0, 0.05) is 12.5 Å². The molecule has 0 aliphatic heterocycles. The van der Waals surface area contributed by atoms with Crippen molar-refractivity contribution in [2.45, 2.75) is 32.4 Å². The fraction of sp³-hybridized carbons (Fsp3) is 0.333. The number of hydrogen-bond acceptors (Lipinski definition) is 2. The Labute approximate surface area is 120 Å². The van der Waals surface area contributed by atoms with Crippen LogP contribution in [0.1, 0.15) is 42.2 Å². The molecule has 0 bridgehead atoms. The Bertz CT molecular complexity index is 593. The average Bonchev–Trinajstić information content (AvgIpc) is 2.81. The van der Waals surface area contributed by atoms with Crippen molar-refractivity contribution >= 4 is 0 Å². The van der Waals surface area contributed by atoms with E-state index in [9.17, 15) is 0 Å². The molecule has 0 amide bonds. The van der Waals surface area contributed by atoms with E-state index >= 15 is 0 Å². The number of fused-ring (bicyclic) bond motifs is 1. The quantitative estimate of drug-likeness (QED) is 0.897. The van der Waals surface area contributed by atoms with Gasteiger partial charge in [-0.2, -0.15) is 0 Å². The zero-order valence-corrected chi connectivity index (χ0v) is 12.1. The molecule has 1 N–H and O–H groups in total. The van der Waals surface area contributed by atoms with Crippen molar-refractivity contribution in [3.63, 3.8) is 0 Å². The third-order valence-electron chi connectivity index (χ3n) is 3.98. The summed E-state index contributed by atoms with van der Waals surface area (Å²) in [5, 5.41) is 3.55. The highest BCUT2D eigenvalue weighted by Gasteiger charge is 2.31. The van der Waals surface area contributed by atoms with Crippen molar-refractivity contribution in [1.82, 2.24) is 5.32 Å². The predicted molar refractivity (Wildman–Crippen MR) is 82.0 cm³/mol. The van der Waals surface area contributed by atoms with Gasteiger partial charge in [0.15, 0.2) is 0 Å². The highest BCUT2D eigenvalue weighted by Crippen LogP contribution is 2.41. The van der Waals surface area contributed by atoms with Gasteiger partial charge in [-0.25, -0.2) is 0 Å². The maximum atomic E-state index is 6.27. The molecule has 2 nitrogen and oxygen atoms in total. The standard InChI is InChI=1S/C18H21NO/c1-3-19-16-12-18(15-10-6-5-9-14(15)16)20-17-11-7-4-8-13(17)2/h4-11,16,18-19H,3,12H2,1-2H3/t16-,18+/m1/s1. The molecular formula is C18H21NO. The predicted octanol–water partition coefficient (Wildman–Crippen LogP) is 4.17. The minimum atomic E-state index is 0.149. The third-order valence-corrected chi connectivity index (χ3v) is 3.98. The molecule has 104 valence electrons. The lowest BCUT2D eigenvalue weighted by atomic mass is 10.1. The number of benzene rings is 2. The zero-order valence-electron chi connectivity index (χ0n) is 12.1. The molecule has 0 saturated carbocycles. The van der Waals surface area contributed by atoms with E-state index < -0.39 is 0 Å². The number of rotatable bonds is 4. The maximum Gasteiger partial charge on any atom is 0.126 e. The second kappa shape index (κ2) is 5.68. The fourth-order valence-corrected chi connectivity index (χ4v) is 2.98. The molecule has 2 aromatic rings. The molecule has 0 unspecified atom stereocenters. The number of aryl methyl sites for hydroxylation is 1. The zero-order chi connectivity index (χ0) is 13.9. The fourth-order valence-electron chi connectivity index (χ4n) is 2.98. The van der Waals surface area contributed by atoms with Crippen molar-refractivity contribution in [2.75, 3.05) is 6.54 Å². The molecule has 0 spiro atoms. The van der Waals surface area contributed by atoms with Gasteiger partial charge in [-0.15, -0.1) is 0 Å². The van der Waals surface area contributed by atoms with Gasteiger partial charge >= 0.3 is 0 Å². The van der Waals surface area contributed by atoms with E-state index in [-0.39, 0.29) is 6.10 Å². The highest BCUT2D eigenvalue weighted by atomic mass is 16.5. The Hall–Kier alpha value is -1.80. The van der Waals surface area contributed by atoms with Crippen LogP contribution in [-0.4, -0.2) is 6.54 Å². The summed E-state index contributed by atoms with van der Waals surface area (Å²) in [6.07, 6.45) is 1.15. The van der Waals surface area contributed by atoms with Gasteiger partial charge in [-0.1, -0.05) is 49.4 Å². The minimum Gasteiger partial charge on any atom is -0.485 e. The van der Waals surface area contributed by atoms with E-state index in [1.165, 1.54) is 16.7 Å². The Balaban J connectivity index is 1.87. The van der Waals surface area contributed by atoms with Crippen LogP contribution in [-0.2, 0) is 0 Å². The van der Waals surface area contributed by atoms with E-state index in [0.29, 0.717) is 6.04 Å². The van der Waals surface area contributed by atoms with Crippen LogP contribution in [0.5, 0.6) is 5.75 Å². The summed E-state index contributed by atoms with van der Waals surface area (Å²) in [6, 6.07) is 17.2. The van der Waals surface area contributed by atoms with Crippen molar-refractivity contribution in [3.8, 4) is 5.75 Å². The van der Waals surface area contributed by atoms with Crippen molar-refractivity contribution in [1.29, 1.82) is 0 Å². The van der Waals surface area contributed by atoms with Crippen LogP contribution in [0.3, 0.4) is 0 Å². The molecule has 0 heterocycles. The Morgan fingerprint density at radius 3 is 2.50 bits per heavy atom. The number of para-hydroxylation sites is 1. The molecule has 20 heavy (non-hydrogen) atoms. The Morgan fingerprint density at radius 1 is 1.05 bits per heavy atom. The Morgan fingerprint density at radius 2 is 1.75 bits per heavy atom. The third kappa shape index (κ3) is 2.44. The summed E-state index contributed by atoms with van der Waals surface area (Å²) < 4.78 is 6.27. The number of nitrogens with one attached hydrogen (secondary N) is 1. The average molecular weight is 267 g/mol. The number of ether oxygens (including phenoxy) is 1. The SMILES string of the molecule is CCN[C@@H]1C[C@H](Oc2ccccc2C)c2ccccc21. The molecule has 0 radical (unpaired) electrons. The monoisotopic (exact) mass is 267 g/mol. The second-order valence-electron chi connectivity index (χ2n) is 5.35. The van der Waals surface area contributed by atoms with E-state index in [0.717, 1.165) is 18.7 Å². The summed E-state index contributed by atoms with van der Waals surface area (Å²) in [5.41, 5.74) is 3.89. The van der Waals surface area contributed by atoms with Gasteiger partial charge in [-0.05, 0) is 36.2 Å².